The van der Waals surface area contributed by atoms with Crippen molar-refractivity contribution in [1.29, 1.82) is 0 Å². The Bertz CT molecular complexity index is 1620. The van der Waals surface area contributed by atoms with Gasteiger partial charge in [0.2, 0.25) is 17.3 Å². The van der Waals surface area contributed by atoms with Crippen LogP contribution in [0.5, 0.6) is 0 Å². The number of nitrogens with zero attached hydrogens (tertiary/aromatic N) is 5. The van der Waals surface area contributed by atoms with Crippen molar-refractivity contribution in [1.82, 2.24) is 29.9 Å². The molecule has 1 N–H and O–H groups in total. The van der Waals surface area contributed by atoms with Crippen molar-refractivity contribution in [3.05, 3.63) is 69.1 Å². The molecule has 6 rings (SSSR count). The summed E-state index contributed by atoms with van der Waals surface area (Å²) in [6.07, 6.45) is 0.430. The maximum atomic E-state index is 12.4. The summed E-state index contributed by atoms with van der Waals surface area (Å²) < 4.78 is 81.4. The lowest BCUT2D eigenvalue weighted by Crippen LogP contribution is -2.28. The Kier molecular flexibility index (Phi) is 14.2. The normalized spacial score (nSPS) is 15.6. The van der Waals surface area contributed by atoms with Gasteiger partial charge in [0.1, 0.15) is 0 Å². The third kappa shape index (κ3) is 11.5. The van der Waals surface area contributed by atoms with Crippen molar-refractivity contribution in [3.63, 3.8) is 0 Å². The third-order valence-corrected chi connectivity index (χ3v) is 6.72. The van der Waals surface area contributed by atoms with E-state index in [9.17, 15) is 27.2 Å². The molecule has 256 valence electrons. The van der Waals surface area contributed by atoms with Crippen molar-refractivity contribution in [2.24, 2.45) is 0 Å². The van der Waals surface area contributed by atoms with Crippen LogP contribution in [0.1, 0.15) is 50.3 Å². The Morgan fingerprint density at radius 1 is 0.787 bits per heavy atom. The minimum atomic E-state index is -2.84. The van der Waals surface area contributed by atoms with Gasteiger partial charge in [-0.25, -0.2) is 0 Å². The Morgan fingerprint density at radius 3 is 1.79 bits per heavy atom. The number of nitrogens with one attached hydrogen (secondary N) is 1. The Morgan fingerprint density at radius 2 is 1.32 bits per heavy atom. The highest BCUT2D eigenvalue weighted by atomic mass is 79.9. The zero-order valence-electron chi connectivity index (χ0n) is 24.7. The van der Waals surface area contributed by atoms with E-state index in [0.29, 0.717) is 37.3 Å². The Labute approximate surface area is 272 Å². The van der Waals surface area contributed by atoms with Gasteiger partial charge in [-0.15, -0.1) is 20.4 Å². The molecular weight excluding hydrogens is 704 g/mol. The van der Waals surface area contributed by atoms with E-state index in [0.717, 1.165) is 37.8 Å². The maximum Gasteiger partial charge on any atom is 0.314 e. The lowest BCUT2D eigenvalue weighted by atomic mass is 10.2. The van der Waals surface area contributed by atoms with Crippen molar-refractivity contribution in [2.45, 2.75) is 57.7 Å². The average Bonchev–Trinajstić information content (AvgIpc) is 3.78. The topological polar surface area (TPSA) is 170 Å². The molecule has 4 aromatic heterocycles. The summed E-state index contributed by atoms with van der Waals surface area (Å²) in [5.41, 5.74) is -0.0617. The van der Waals surface area contributed by atoms with Gasteiger partial charge in [-0.2, -0.15) is 17.6 Å². The molecule has 2 fully saturated rings. The molecule has 14 nitrogen and oxygen atoms in total. The first-order valence-corrected chi connectivity index (χ1v) is 15.5. The molecule has 47 heavy (non-hydrogen) atoms. The number of ether oxygens (including phenoxy) is 4. The second-order valence-corrected chi connectivity index (χ2v) is 10.5. The van der Waals surface area contributed by atoms with Crippen LogP contribution in [-0.4, -0.2) is 74.3 Å². The van der Waals surface area contributed by atoms with Gasteiger partial charge < -0.3 is 37.3 Å². The minimum Gasteiger partial charge on any atom is -0.415 e. The van der Waals surface area contributed by atoms with Gasteiger partial charge in [-0.1, -0.05) is 15.9 Å². The predicted octanol–water partition coefficient (Wildman–Crippen LogP) is 4.89. The molecule has 2 saturated heterocycles. The SMILES string of the molecule is BrCCC1OCCCO1.O=c1cc(-c2nnc(C(F)F)o2)cc[nH]1.O=c1cc(-c2nnc(C(F)F)o2)ccn1CCC1OCCCO1. The molecule has 0 unspecified atom stereocenters. The highest BCUT2D eigenvalue weighted by molar-refractivity contribution is 9.09. The lowest BCUT2D eigenvalue weighted by molar-refractivity contribution is -0.182. The number of alkyl halides is 5. The fourth-order valence-electron chi connectivity index (χ4n) is 4.02. The van der Waals surface area contributed by atoms with Gasteiger partial charge in [0.25, 0.3) is 17.3 Å². The monoisotopic (exact) mass is 734 g/mol. The predicted molar refractivity (Wildman–Crippen MR) is 158 cm³/mol. The zero-order valence-corrected chi connectivity index (χ0v) is 26.3. The van der Waals surface area contributed by atoms with Crippen molar-refractivity contribution in [2.75, 3.05) is 31.8 Å². The van der Waals surface area contributed by atoms with E-state index in [4.69, 9.17) is 23.4 Å². The zero-order chi connectivity index (χ0) is 33.6. The molecule has 0 aliphatic carbocycles. The molecule has 0 radical (unpaired) electrons. The Hall–Kier alpha value is -3.78. The van der Waals surface area contributed by atoms with Gasteiger partial charge in [0.05, 0.1) is 26.4 Å². The third-order valence-electron chi connectivity index (χ3n) is 6.26. The van der Waals surface area contributed by atoms with Crippen LogP contribution in [0, 0.1) is 0 Å². The standard InChI is InChI=1S/C14H15F2N3O4.C8H5F2N3O2.C6H11BrO2/c15-12(16)14-18-17-13(23-14)9-2-4-19(10(20)8-9)5-3-11-21-6-1-7-22-11;9-6(10)8-13-12-7(15-8)4-1-2-11-5(14)3-4;7-3-2-6-8-4-1-5-9-6/h2,4,8,11-12H,1,3,5-7H2;1-3,6H,(H,11,14);6H,1-5H2. The largest absolute Gasteiger partial charge is 0.415 e. The van der Waals surface area contributed by atoms with Crippen LogP contribution >= 0.6 is 15.9 Å². The van der Waals surface area contributed by atoms with E-state index >= 15 is 0 Å². The van der Waals surface area contributed by atoms with Crippen LogP contribution in [0.25, 0.3) is 22.9 Å². The molecule has 0 amide bonds. The first-order chi connectivity index (χ1) is 22.7. The maximum absolute atomic E-state index is 12.4. The highest BCUT2D eigenvalue weighted by Crippen LogP contribution is 2.23. The number of pyridine rings is 2. The second-order valence-electron chi connectivity index (χ2n) is 9.70. The molecule has 19 heteroatoms. The van der Waals surface area contributed by atoms with Crippen LogP contribution in [0.15, 0.2) is 55.1 Å². The number of halogens is 5. The molecule has 4 aromatic rings. The average molecular weight is 735 g/mol. The molecule has 2 aliphatic rings. The van der Waals surface area contributed by atoms with Gasteiger partial charge >= 0.3 is 12.9 Å². The van der Waals surface area contributed by atoms with Gasteiger partial charge in [0, 0.05) is 60.4 Å². The summed E-state index contributed by atoms with van der Waals surface area (Å²) in [4.78, 5) is 25.4. The number of hydrogen-bond donors (Lipinski definition) is 1. The Balaban J connectivity index is 0.000000178. The smallest absolute Gasteiger partial charge is 0.314 e. The van der Waals surface area contributed by atoms with Crippen molar-refractivity contribution < 1.29 is 45.3 Å². The summed E-state index contributed by atoms with van der Waals surface area (Å²) in [5, 5.41) is 14.2. The number of H-pyrrole nitrogens is 1. The fourth-order valence-corrected chi connectivity index (χ4v) is 4.40. The van der Waals surface area contributed by atoms with Crippen LogP contribution in [0.3, 0.4) is 0 Å². The molecule has 0 spiro atoms. The van der Waals surface area contributed by atoms with Gasteiger partial charge in [-0.05, 0) is 25.0 Å². The summed E-state index contributed by atoms with van der Waals surface area (Å²) in [7, 11) is 0. The van der Waals surface area contributed by atoms with Gasteiger partial charge in [0.15, 0.2) is 12.6 Å². The van der Waals surface area contributed by atoms with E-state index in [1.807, 2.05) is 0 Å². The molecule has 2 aliphatic heterocycles. The summed E-state index contributed by atoms with van der Waals surface area (Å²) in [5.74, 6) is -1.74. The fraction of sp³-hybridized carbons (Fsp3) is 0.500. The molecule has 0 saturated carbocycles. The van der Waals surface area contributed by atoms with E-state index in [1.54, 1.807) is 12.3 Å². The van der Waals surface area contributed by atoms with Crippen molar-refractivity contribution >= 4 is 15.9 Å². The number of hydrogen-bond acceptors (Lipinski definition) is 12. The van der Waals surface area contributed by atoms with Crippen molar-refractivity contribution in [3.8, 4) is 22.9 Å². The van der Waals surface area contributed by atoms with Crippen LogP contribution < -0.4 is 11.1 Å². The van der Waals surface area contributed by atoms with E-state index in [2.05, 4.69) is 45.7 Å². The number of rotatable bonds is 9. The summed E-state index contributed by atoms with van der Waals surface area (Å²) in [6.45, 7) is 3.45. The molecule has 6 heterocycles. The van der Waals surface area contributed by atoms with E-state index in [1.165, 1.54) is 29.0 Å². The number of aromatic nitrogens is 6. The molecule has 0 aromatic carbocycles. The number of aryl methyl sites for hydroxylation is 1. The lowest BCUT2D eigenvalue weighted by Gasteiger charge is -2.23. The number of aromatic amines is 1. The van der Waals surface area contributed by atoms with Crippen LogP contribution in [0.2, 0.25) is 0 Å². The van der Waals surface area contributed by atoms with E-state index < -0.39 is 24.6 Å². The summed E-state index contributed by atoms with van der Waals surface area (Å²) in [6, 6.07) is 5.49. The van der Waals surface area contributed by atoms with Gasteiger partial charge in [-0.3, -0.25) is 9.59 Å². The van der Waals surface area contributed by atoms with Crippen LogP contribution in [-0.2, 0) is 25.5 Å². The molecule has 0 atom stereocenters. The minimum absolute atomic E-state index is 0.0538. The first kappa shape index (κ1) is 36.1. The van der Waals surface area contributed by atoms with E-state index in [-0.39, 0.29) is 35.5 Å². The second kappa shape index (κ2) is 18.5. The highest BCUT2D eigenvalue weighted by Gasteiger charge is 2.19. The molecular formula is C28H31BrF4N6O8. The molecule has 0 bridgehead atoms. The summed E-state index contributed by atoms with van der Waals surface area (Å²) >= 11 is 3.32. The quantitative estimate of drug-likeness (QED) is 0.183. The van der Waals surface area contributed by atoms with Crippen LogP contribution in [0.4, 0.5) is 17.6 Å². The first-order valence-electron chi connectivity index (χ1n) is 14.4.